The predicted octanol–water partition coefficient (Wildman–Crippen LogP) is 2.12. The van der Waals surface area contributed by atoms with Crippen molar-refractivity contribution in [2.45, 2.75) is 32.9 Å². The molecule has 0 aromatic carbocycles. The van der Waals surface area contributed by atoms with Gasteiger partial charge in [0.1, 0.15) is 0 Å². The molecule has 0 amide bonds. The van der Waals surface area contributed by atoms with E-state index in [0.29, 0.717) is 0 Å². The largest absolute Gasteiger partial charge is 0.480 e. The zero-order valence-corrected chi connectivity index (χ0v) is 9.84. The second-order valence-electron chi connectivity index (χ2n) is 3.20. The van der Waals surface area contributed by atoms with Crippen LogP contribution >= 0.6 is 7.60 Å². The molecule has 84 valence electrons. The standard InChI is InChI=1S/C8H17O5P/c1-5-12-14(11,13-6-2)8(3,4)7(9)10/h5-6H2,1-4H3,(H,9,10). The normalized spacial score (nSPS) is 12.9. The Bertz CT molecular complexity index is 238. The number of hydrogen-bond acceptors (Lipinski definition) is 4. The first-order valence-electron chi connectivity index (χ1n) is 4.44. The molecule has 0 saturated carbocycles. The zero-order chi connectivity index (χ0) is 11.4. The Morgan fingerprint density at radius 3 is 1.86 bits per heavy atom. The molecule has 0 aliphatic carbocycles. The summed E-state index contributed by atoms with van der Waals surface area (Å²) in [5, 5.41) is 7.38. The van der Waals surface area contributed by atoms with Crippen molar-refractivity contribution in [3.05, 3.63) is 0 Å². The molecule has 0 bridgehead atoms. The number of aliphatic carboxylic acids is 1. The van der Waals surface area contributed by atoms with Crippen LogP contribution in [0.3, 0.4) is 0 Å². The maximum Gasteiger partial charge on any atom is 0.347 e. The molecular weight excluding hydrogens is 207 g/mol. The van der Waals surface area contributed by atoms with Gasteiger partial charge in [-0.25, -0.2) is 0 Å². The fourth-order valence-electron chi connectivity index (χ4n) is 0.817. The fraction of sp³-hybridized carbons (Fsp3) is 0.875. The molecule has 0 fully saturated rings. The molecule has 0 heterocycles. The average Bonchev–Trinajstić information content (AvgIpc) is 2.04. The molecule has 5 nitrogen and oxygen atoms in total. The Balaban J connectivity index is 4.99. The Morgan fingerprint density at radius 1 is 1.29 bits per heavy atom. The van der Waals surface area contributed by atoms with Crippen LogP contribution < -0.4 is 0 Å². The third-order valence-electron chi connectivity index (χ3n) is 1.81. The van der Waals surface area contributed by atoms with Crippen LogP contribution in [0, 0.1) is 0 Å². The third kappa shape index (κ3) is 2.56. The Labute approximate surface area is 83.9 Å². The first kappa shape index (κ1) is 13.6. The lowest BCUT2D eigenvalue weighted by Gasteiger charge is -2.28. The molecule has 14 heavy (non-hydrogen) atoms. The number of carboxylic acids is 1. The highest BCUT2D eigenvalue weighted by Crippen LogP contribution is 2.59. The third-order valence-corrected chi connectivity index (χ3v) is 4.56. The van der Waals surface area contributed by atoms with Crippen LogP contribution in [0.1, 0.15) is 27.7 Å². The molecule has 0 atom stereocenters. The van der Waals surface area contributed by atoms with Crippen molar-refractivity contribution in [3.63, 3.8) is 0 Å². The van der Waals surface area contributed by atoms with Crippen LogP contribution in [0.4, 0.5) is 0 Å². The smallest absolute Gasteiger partial charge is 0.347 e. The van der Waals surface area contributed by atoms with Gasteiger partial charge in [0, 0.05) is 0 Å². The van der Waals surface area contributed by atoms with Gasteiger partial charge in [-0.1, -0.05) is 0 Å². The molecule has 0 aromatic heterocycles. The van der Waals surface area contributed by atoms with Gasteiger partial charge in [-0.2, -0.15) is 0 Å². The molecule has 1 N–H and O–H groups in total. The molecule has 0 saturated heterocycles. The number of rotatable bonds is 6. The average molecular weight is 224 g/mol. The number of hydrogen-bond donors (Lipinski definition) is 1. The second kappa shape index (κ2) is 4.91. The van der Waals surface area contributed by atoms with Crippen molar-refractivity contribution in [2.24, 2.45) is 0 Å². The van der Waals surface area contributed by atoms with E-state index in [4.69, 9.17) is 14.2 Å². The van der Waals surface area contributed by atoms with Gasteiger partial charge in [0.2, 0.25) is 0 Å². The summed E-state index contributed by atoms with van der Waals surface area (Å²) in [6, 6.07) is 0. The summed E-state index contributed by atoms with van der Waals surface area (Å²) in [4.78, 5) is 10.9. The van der Waals surface area contributed by atoms with Crippen molar-refractivity contribution in [1.82, 2.24) is 0 Å². The minimum absolute atomic E-state index is 0.161. The van der Waals surface area contributed by atoms with E-state index in [1.165, 1.54) is 13.8 Å². The highest BCUT2D eigenvalue weighted by Gasteiger charge is 2.49. The summed E-state index contributed by atoms with van der Waals surface area (Å²) in [5.74, 6) is -1.19. The van der Waals surface area contributed by atoms with Gasteiger partial charge in [0.05, 0.1) is 13.2 Å². The van der Waals surface area contributed by atoms with E-state index in [0.717, 1.165) is 0 Å². The zero-order valence-electron chi connectivity index (χ0n) is 8.94. The molecule has 0 rings (SSSR count). The van der Waals surface area contributed by atoms with Gasteiger partial charge >= 0.3 is 13.6 Å². The van der Waals surface area contributed by atoms with E-state index < -0.39 is 18.7 Å². The van der Waals surface area contributed by atoms with Crippen LogP contribution in [-0.2, 0) is 18.4 Å². The van der Waals surface area contributed by atoms with Gasteiger partial charge in [-0.15, -0.1) is 0 Å². The summed E-state index contributed by atoms with van der Waals surface area (Å²) in [5.41, 5.74) is 0. The van der Waals surface area contributed by atoms with Gasteiger partial charge in [0.25, 0.3) is 0 Å². The molecular formula is C8H17O5P. The first-order valence-corrected chi connectivity index (χ1v) is 5.98. The summed E-state index contributed by atoms with van der Waals surface area (Å²) >= 11 is 0. The van der Waals surface area contributed by atoms with E-state index in [9.17, 15) is 9.36 Å². The SMILES string of the molecule is CCOP(=O)(OCC)C(C)(C)C(=O)O. The Kier molecular flexibility index (Phi) is 4.78. The van der Waals surface area contributed by atoms with E-state index >= 15 is 0 Å². The maximum atomic E-state index is 12.1. The van der Waals surface area contributed by atoms with Gasteiger partial charge in [0.15, 0.2) is 5.16 Å². The van der Waals surface area contributed by atoms with Crippen LogP contribution in [0.2, 0.25) is 0 Å². The van der Waals surface area contributed by atoms with Crippen molar-refractivity contribution in [1.29, 1.82) is 0 Å². The topological polar surface area (TPSA) is 72.8 Å². The lowest BCUT2D eigenvalue weighted by molar-refractivity contribution is -0.139. The van der Waals surface area contributed by atoms with Gasteiger partial charge < -0.3 is 14.2 Å². The molecule has 0 aromatic rings. The summed E-state index contributed by atoms with van der Waals surface area (Å²) in [6.45, 7) is 6.28. The van der Waals surface area contributed by atoms with Crippen molar-refractivity contribution in [3.8, 4) is 0 Å². The van der Waals surface area contributed by atoms with E-state index in [1.807, 2.05) is 0 Å². The monoisotopic (exact) mass is 224 g/mol. The van der Waals surface area contributed by atoms with Crippen molar-refractivity contribution >= 4 is 13.6 Å². The summed E-state index contributed by atoms with van der Waals surface area (Å²) in [6.07, 6.45) is 0. The molecule has 0 aliphatic heterocycles. The second-order valence-corrected chi connectivity index (χ2v) is 5.83. The lowest BCUT2D eigenvalue weighted by Crippen LogP contribution is -2.33. The van der Waals surface area contributed by atoms with Crippen molar-refractivity contribution in [2.75, 3.05) is 13.2 Å². The van der Waals surface area contributed by atoms with Crippen LogP contribution in [0.15, 0.2) is 0 Å². The fourth-order valence-corrected chi connectivity index (χ4v) is 2.45. The first-order chi connectivity index (χ1) is 6.31. The highest BCUT2D eigenvalue weighted by atomic mass is 31.2. The van der Waals surface area contributed by atoms with Gasteiger partial charge in [-0.3, -0.25) is 9.36 Å². The maximum absolute atomic E-state index is 12.1. The Morgan fingerprint density at radius 2 is 1.64 bits per heavy atom. The molecule has 0 spiro atoms. The van der Waals surface area contributed by atoms with Crippen LogP contribution in [-0.4, -0.2) is 29.4 Å². The highest BCUT2D eigenvalue weighted by molar-refractivity contribution is 7.56. The quantitative estimate of drug-likeness (QED) is 0.699. The lowest BCUT2D eigenvalue weighted by atomic mass is 10.2. The number of carboxylic acid groups (broad SMARTS) is 1. The minimum Gasteiger partial charge on any atom is -0.480 e. The number of carbonyl (C=O) groups is 1. The molecule has 0 aliphatic rings. The molecule has 6 heteroatoms. The van der Waals surface area contributed by atoms with E-state index in [-0.39, 0.29) is 13.2 Å². The van der Waals surface area contributed by atoms with Crippen molar-refractivity contribution < 1.29 is 23.5 Å². The van der Waals surface area contributed by atoms with Crippen LogP contribution in [0.5, 0.6) is 0 Å². The predicted molar refractivity (Wildman–Crippen MR) is 52.6 cm³/mol. The minimum atomic E-state index is -3.58. The van der Waals surface area contributed by atoms with E-state index in [1.54, 1.807) is 13.8 Å². The summed E-state index contributed by atoms with van der Waals surface area (Å²) < 4.78 is 21.9. The molecule has 0 radical (unpaired) electrons. The Hall–Kier alpha value is -0.380. The van der Waals surface area contributed by atoms with Crippen LogP contribution in [0.25, 0.3) is 0 Å². The molecule has 0 unspecified atom stereocenters. The summed E-state index contributed by atoms with van der Waals surface area (Å²) in [7, 11) is -3.58. The van der Waals surface area contributed by atoms with E-state index in [2.05, 4.69) is 0 Å². The van der Waals surface area contributed by atoms with Gasteiger partial charge in [-0.05, 0) is 27.7 Å².